The van der Waals surface area contributed by atoms with E-state index in [0.717, 1.165) is 9.87 Å². The fourth-order valence-electron chi connectivity index (χ4n) is 5.07. The minimum absolute atomic E-state index is 0.0429. The monoisotopic (exact) mass is 711 g/mol. The van der Waals surface area contributed by atoms with E-state index in [1.165, 1.54) is 37.3 Å². The van der Waals surface area contributed by atoms with Gasteiger partial charge in [-0.15, -0.1) is 0 Å². The number of carbonyl (C=O) groups is 2. The van der Waals surface area contributed by atoms with Crippen LogP contribution in [-0.4, -0.2) is 58.0 Å². The summed E-state index contributed by atoms with van der Waals surface area (Å²) in [5.41, 5.74) is 1.29. The van der Waals surface area contributed by atoms with Crippen molar-refractivity contribution in [3.63, 3.8) is 0 Å². The van der Waals surface area contributed by atoms with Gasteiger partial charge in [-0.3, -0.25) is 13.9 Å². The quantitative estimate of drug-likeness (QED) is 0.146. The molecule has 2 amide bonds. The number of nitrogens with one attached hydrogen (secondary N) is 1. The number of nitrogens with zero attached hydrogens (tertiary/aromatic N) is 2. The molecule has 0 saturated heterocycles. The van der Waals surface area contributed by atoms with Crippen molar-refractivity contribution in [3.8, 4) is 11.5 Å². The molecule has 2 unspecified atom stereocenters. The Morgan fingerprint density at radius 2 is 1.48 bits per heavy atom. The average Bonchev–Trinajstić information content (AvgIpc) is 3.10. The van der Waals surface area contributed by atoms with Gasteiger partial charge in [-0.2, -0.15) is 0 Å². The molecule has 0 aliphatic heterocycles. The summed E-state index contributed by atoms with van der Waals surface area (Å²) in [4.78, 5) is 30.1. The summed E-state index contributed by atoms with van der Waals surface area (Å²) in [6.07, 6.45) is 0.803. The van der Waals surface area contributed by atoms with Crippen LogP contribution >= 0.6 is 23.2 Å². The van der Waals surface area contributed by atoms with E-state index in [0.29, 0.717) is 27.8 Å². The molecule has 1 N–H and O–H groups in total. The number of amides is 2. The van der Waals surface area contributed by atoms with Gasteiger partial charge in [0.25, 0.3) is 10.0 Å². The first-order chi connectivity index (χ1) is 23.0. The van der Waals surface area contributed by atoms with Crippen LogP contribution in [0.25, 0.3) is 0 Å². The van der Waals surface area contributed by atoms with Crippen LogP contribution in [0.15, 0.2) is 102 Å². The van der Waals surface area contributed by atoms with Crippen molar-refractivity contribution in [1.82, 2.24) is 10.2 Å². The first-order valence-electron chi connectivity index (χ1n) is 15.4. The maximum absolute atomic E-state index is 14.8. The Kier molecular flexibility index (Phi) is 12.7. The van der Waals surface area contributed by atoms with Crippen LogP contribution in [-0.2, 0) is 32.6 Å². The number of rotatable bonds is 15. The van der Waals surface area contributed by atoms with Gasteiger partial charge in [0.05, 0.1) is 24.8 Å². The van der Waals surface area contributed by atoms with Gasteiger partial charge in [0.15, 0.2) is 0 Å². The number of hydrogen-bond donors (Lipinski definition) is 1. The highest BCUT2D eigenvalue weighted by Gasteiger charge is 2.36. The number of halogens is 2. The van der Waals surface area contributed by atoms with Crippen molar-refractivity contribution in [2.75, 3.05) is 25.1 Å². The van der Waals surface area contributed by atoms with Gasteiger partial charge in [-0.25, -0.2) is 8.42 Å². The molecule has 4 rings (SSSR count). The van der Waals surface area contributed by atoms with Crippen LogP contribution in [0.2, 0.25) is 10.0 Å². The zero-order chi connectivity index (χ0) is 34.8. The van der Waals surface area contributed by atoms with Gasteiger partial charge < -0.3 is 19.7 Å². The Morgan fingerprint density at radius 3 is 2.06 bits per heavy atom. The molecule has 0 aliphatic rings. The minimum atomic E-state index is -4.36. The van der Waals surface area contributed by atoms with E-state index >= 15 is 0 Å². The third-order valence-corrected chi connectivity index (χ3v) is 10.4. The Hall–Kier alpha value is -4.25. The summed E-state index contributed by atoms with van der Waals surface area (Å²) in [5.74, 6) is -0.531. The molecule has 4 aromatic carbocycles. The first kappa shape index (κ1) is 36.6. The summed E-state index contributed by atoms with van der Waals surface area (Å²) >= 11 is 13.2. The van der Waals surface area contributed by atoms with E-state index in [1.54, 1.807) is 48.5 Å². The number of sulfonamides is 1. The summed E-state index contributed by atoms with van der Waals surface area (Å²) < 4.78 is 40.6. The van der Waals surface area contributed by atoms with Crippen LogP contribution in [0.4, 0.5) is 5.69 Å². The SMILES string of the molecule is CCC(C)NC(=O)C(Cc1ccccc1)N(Cc1c(Cl)cccc1Cl)C(=O)CN(c1cc(OC)ccc1OC)S(=O)(=O)c1ccccc1. The molecule has 12 heteroatoms. The number of hydrogen-bond acceptors (Lipinski definition) is 6. The fraction of sp³-hybridized carbons (Fsp3) is 0.278. The van der Waals surface area contributed by atoms with Crippen LogP contribution in [0.5, 0.6) is 11.5 Å². The van der Waals surface area contributed by atoms with Gasteiger partial charge in [0.2, 0.25) is 11.8 Å². The maximum Gasteiger partial charge on any atom is 0.264 e. The molecular formula is C36H39Cl2N3O6S. The third kappa shape index (κ3) is 8.80. The Morgan fingerprint density at radius 1 is 0.854 bits per heavy atom. The number of anilines is 1. The second-order valence-corrected chi connectivity index (χ2v) is 13.8. The standard InChI is InChI=1S/C36H39Cl2N3O6S/c1-5-25(2)39-36(43)33(21-26-13-8-6-9-14-26)40(23-29-30(37)17-12-18-31(29)38)35(42)24-41(48(44,45)28-15-10-7-11-16-28)32-22-27(46-3)19-20-34(32)47-4/h6-20,22,25,33H,5,21,23-24H2,1-4H3,(H,39,43). The highest BCUT2D eigenvalue weighted by Crippen LogP contribution is 2.36. The molecule has 0 radical (unpaired) electrons. The lowest BCUT2D eigenvalue weighted by atomic mass is 10.0. The van der Waals surface area contributed by atoms with Crippen LogP contribution in [0, 0.1) is 0 Å². The van der Waals surface area contributed by atoms with Gasteiger partial charge in [-0.1, -0.05) is 84.7 Å². The minimum Gasteiger partial charge on any atom is -0.497 e. The van der Waals surface area contributed by atoms with Crippen molar-refractivity contribution >= 4 is 50.7 Å². The predicted molar refractivity (Wildman–Crippen MR) is 189 cm³/mol. The van der Waals surface area contributed by atoms with E-state index in [4.69, 9.17) is 32.7 Å². The molecule has 254 valence electrons. The molecule has 0 spiro atoms. The molecule has 0 heterocycles. The lowest BCUT2D eigenvalue weighted by molar-refractivity contribution is -0.140. The van der Waals surface area contributed by atoms with Crippen molar-refractivity contribution in [1.29, 1.82) is 0 Å². The van der Waals surface area contributed by atoms with E-state index < -0.39 is 34.4 Å². The molecular weight excluding hydrogens is 673 g/mol. The first-order valence-corrected chi connectivity index (χ1v) is 17.6. The van der Waals surface area contributed by atoms with E-state index in [9.17, 15) is 18.0 Å². The summed E-state index contributed by atoms with van der Waals surface area (Å²) in [6, 6.07) is 25.4. The molecule has 9 nitrogen and oxygen atoms in total. The van der Waals surface area contributed by atoms with Gasteiger partial charge in [0, 0.05) is 40.7 Å². The lowest BCUT2D eigenvalue weighted by Crippen LogP contribution is -2.54. The molecule has 0 aromatic heterocycles. The van der Waals surface area contributed by atoms with Crippen LogP contribution < -0.4 is 19.1 Å². The largest absolute Gasteiger partial charge is 0.497 e. The second kappa shape index (κ2) is 16.7. The zero-order valence-electron chi connectivity index (χ0n) is 27.2. The molecule has 48 heavy (non-hydrogen) atoms. The number of methoxy groups -OCH3 is 2. The highest BCUT2D eigenvalue weighted by atomic mass is 35.5. The Balaban J connectivity index is 1.90. The number of carbonyl (C=O) groups excluding carboxylic acids is 2. The van der Waals surface area contributed by atoms with Crippen molar-refractivity contribution in [3.05, 3.63) is 118 Å². The van der Waals surface area contributed by atoms with Crippen molar-refractivity contribution in [2.24, 2.45) is 0 Å². The Labute approximate surface area is 292 Å². The smallest absolute Gasteiger partial charge is 0.264 e. The maximum atomic E-state index is 14.8. The van der Waals surface area contributed by atoms with Gasteiger partial charge >= 0.3 is 0 Å². The number of benzene rings is 4. The van der Waals surface area contributed by atoms with Gasteiger partial charge in [-0.05, 0) is 55.3 Å². The average molecular weight is 713 g/mol. The highest BCUT2D eigenvalue weighted by molar-refractivity contribution is 7.92. The molecule has 0 bridgehead atoms. The van der Waals surface area contributed by atoms with E-state index in [-0.39, 0.29) is 35.3 Å². The van der Waals surface area contributed by atoms with Crippen LogP contribution in [0.1, 0.15) is 31.4 Å². The lowest BCUT2D eigenvalue weighted by Gasteiger charge is -2.35. The molecule has 2 atom stereocenters. The fourth-order valence-corrected chi connectivity index (χ4v) is 7.03. The van der Waals surface area contributed by atoms with Gasteiger partial charge in [0.1, 0.15) is 24.1 Å². The molecule has 0 aliphatic carbocycles. The van der Waals surface area contributed by atoms with Crippen molar-refractivity contribution in [2.45, 2.75) is 50.2 Å². The van der Waals surface area contributed by atoms with E-state index in [1.807, 2.05) is 44.2 Å². The molecule has 0 saturated carbocycles. The second-order valence-electron chi connectivity index (χ2n) is 11.1. The molecule has 0 fully saturated rings. The third-order valence-electron chi connectivity index (χ3n) is 7.93. The predicted octanol–water partition coefficient (Wildman–Crippen LogP) is 6.76. The zero-order valence-corrected chi connectivity index (χ0v) is 29.6. The topological polar surface area (TPSA) is 105 Å². The summed E-state index contributed by atoms with van der Waals surface area (Å²) in [5, 5.41) is 3.60. The number of ether oxygens (including phenoxy) is 2. The summed E-state index contributed by atoms with van der Waals surface area (Å²) in [7, 11) is -1.51. The van der Waals surface area contributed by atoms with Crippen molar-refractivity contribution < 1.29 is 27.5 Å². The summed E-state index contributed by atoms with van der Waals surface area (Å²) in [6.45, 7) is 2.96. The Bertz CT molecular complexity index is 1790. The van der Waals surface area contributed by atoms with E-state index in [2.05, 4.69) is 5.32 Å². The normalized spacial score (nSPS) is 12.5. The molecule has 4 aromatic rings. The van der Waals surface area contributed by atoms with Crippen LogP contribution in [0.3, 0.4) is 0 Å².